The van der Waals surface area contributed by atoms with E-state index in [1.165, 1.54) is 5.56 Å². The van der Waals surface area contributed by atoms with Crippen molar-refractivity contribution in [1.82, 2.24) is 5.32 Å². The number of anilines is 1. The van der Waals surface area contributed by atoms with Crippen LogP contribution >= 0.6 is 28.1 Å². The summed E-state index contributed by atoms with van der Waals surface area (Å²) in [5.74, 6) is 0.922. The number of hydrogen-bond donors (Lipinski definition) is 2. The molecule has 0 spiro atoms. The fourth-order valence-electron chi connectivity index (χ4n) is 2.24. The smallest absolute Gasteiger partial charge is 0.170 e. The van der Waals surface area contributed by atoms with Crippen molar-refractivity contribution in [2.75, 3.05) is 11.9 Å². The van der Waals surface area contributed by atoms with Gasteiger partial charge in [-0.2, -0.15) is 0 Å². The molecule has 0 amide bonds. The summed E-state index contributed by atoms with van der Waals surface area (Å²) in [5.41, 5.74) is 2.28. The molecule has 0 atom stereocenters. The van der Waals surface area contributed by atoms with Crippen LogP contribution in [0.15, 0.2) is 53.0 Å². The van der Waals surface area contributed by atoms with E-state index in [-0.39, 0.29) is 6.10 Å². The monoisotopic (exact) mass is 406 g/mol. The molecule has 2 aromatic rings. The van der Waals surface area contributed by atoms with Crippen molar-refractivity contribution in [3.63, 3.8) is 0 Å². The predicted molar refractivity (Wildman–Crippen MR) is 109 cm³/mol. The minimum Gasteiger partial charge on any atom is -0.491 e. The van der Waals surface area contributed by atoms with Crippen LogP contribution < -0.4 is 15.4 Å². The van der Waals surface area contributed by atoms with Crippen molar-refractivity contribution >= 4 is 38.9 Å². The van der Waals surface area contributed by atoms with Gasteiger partial charge in [0.1, 0.15) is 5.75 Å². The lowest BCUT2D eigenvalue weighted by Gasteiger charge is -2.11. The Kier molecular flexibility index (Phi) is 7.53. The predicted octanol–water partition coefficient (Wildman–Crippen LogP) is 5.16. The van der Waals surface area contributed by atoms with E-state index in [1.807, 2.05) is 50.2 Å². The van der Waals surface area contributed by atoms with Gasteiger partial charge in [0.25, 0.3) is 0 Å². The molecule has 0 aliphatic heterocycles. The van der Waals surface area contributed by atoms with Gasteiger partial charge in [0.15, 0.2) is 5.11 Å². The van der Waals surface area contributed by atoms with Crippen LogP contribution in [0.4, 0.5) is 5.69 Å². The lowest BCUT2D eigenvalue weighted by Crippen LogP contribution is -2.29. The van der Waals surface area contributed by atoms with Gasteiger partial charge in [-0.15, -0.1) is 0 Å². The number of ether oxygens (including phenoxy) is 1. The second-order valence-electron chi connectivity index (χ2n) is 5.81. The van der Waals surface area contributed by atoms with Gasteiger partial charge in [-0.3, -0.25) is 0 Å². The minimum atomic E-state index is 0.207. The van der Waals surface area contributed by atoms with Gasteiger partial charge in [-0.25, -0.2) is 0 Å². The molecule has 2 rings (SSSR count). The molecule has 0 heterocycles. The SMILES string of the molecule is CC(C)Oc1ccc(CCCNC(=S)Nc2cccc(Br)c2)cc1. The van der Waals surface area contributed by atoms with Gasteiger partial charge in [-0.1, -0.05) is 34.1 Å². The molecule has 2 N–H and O–H groups in total. The third-order valence-corrected chi connectivity index (χ3v) is 4.05. The molecule has 5 heteroatoms. The molecule has 0 radical (unpaired) electrons. The summed E-state index contributed by atoms with van der Waals surface area (Å²) in [5, 5.41) is 7.07. The molecule has 0 saturated carbocycles. The maximum absolute atomic E-state index is 5.65. The van der Waals surface area contributed by atoms with Crippen molar-refractivity contribution in [2.45, 2.75) is 32.8 Å². The molecule has 0 aromatic heterocycles. The molecular formula is C19H23BrN2OS. The summed E-state index contributed by atoms with van der Waals surface area (Å²) in [6.45, 7) is 4.90. The first-order valence-corrected chi connectivity index (χ1v) is 9.29. The third kappa shape index (κ3) is 6.89. The van der Waals surface area contributed by atoms with E-state index in [2.05, 4.69) is 38.7 Å². The summed E-state index contributed by atoms with van der Waals surface area (Å²) >= 11 is 8.76. The quantitative estimate of drug-likeness (QED) is 0.491. The van der Waals surface area contributed by atoms with Crippen LogP contribution in [0.25, 0.3) is 0 Å². The Labute approximate surface area is 157 Å². The highest BCUT2D eigenvalue weighted by Crippen LogP contribution is 2.16. The van der Waals surface area contributed by atoms with Crippen LogP contribution in [0, 0.1) is 0 Å². The highest BCUT2D eigenvalue weighted by molar-refractivity contribution is 9.10. The summed E-state index contributed by atoms with van der Waals surface area (Å²) < 4.78 is 6.68. The lowest BCUT2D eigenvalue weighted by atomic mass is 10.1. The van der Waals surface area contributed by atoms with Crippen LogP contribution in [0.3, 0.4) is 0 Å². The molecule has 0 saturated heterocycles. The molecule has 3 nitrogen and oxygen atoms in total. The van der Waals surface area contributed by atoms with E-state index >= 15 is 0 Å². The Hall–Kier alpha value is -1.59. The summed E-state index contributed by atoms with van der Waals surface area (Å²) in [6.07, 6.45) is 2.23. The van der Waals surface area contributed by atoms with Crippen molar-refractivity contribution < 1.29 is 4.74 Å². The fourth-order valence-corrected chi connectivity index (χ4v) is 2.86. The topological polar surface area (TPSA) is 33.3 Å². The molecule has 128 valence electrons. The van der Waals surface area contributed by atoms with E-state index < -0.39 is 0 Å². The second kappa shape index (κ2) is 9.64. The zero-order valence-electron chi connectivity index (χ0n) is 14.0. The van der Waals surface area contributed by atoms with Crippen LogP contribution in [0.5, 0.6) is 5.75 Å². The van der Waals surface area contributed by atoms with E-state index in [1.54, 1.807) is 0 Å². The standard InChI is InChI=1S/C19H23BrN2OS/c1-14(2)23-18-10-8-15(9-11-18)5-4-12-21-19(24)22-17-7-3-6-16(20)13-17/h3,6-11,13-14H,4-5,12H2,1-2H3,(H2,21,22,24). The molecule has 0 aliphatic carbocycles. The minimum absolute atomic E-state index is 0.207. The Balaban J connectivity index is 1.68. The molecule has 2 aromatic carbocycles. The first-order chi connectivity index (χ1) is 11.5. The normalized spacial score (nSPS) is 10.5. The first-order valence-electron chi connectivity index (χ1n) is 8.09. The van der Waals surface area contributed by atoms with E-state index in [0.717, 1.165) is 35.3 Å². The maximum atomic E-state index is 5.65. The number of halogens is 1. The highest BCUT2D eigenvalue weighted by atomic mass is 79.9. The second-order valence-corrected chi connectivity index (χ2v) is 7.13. The number of nitrogens with one attached hydrogen (secondary N) is 2. The van der Waals surface area contributed by atoms with Gasteiger partial charge < -0.3 is 15.4 Å². The summed E-state index contributed by atoms with van der Waals surface area (Å²) in [6, 6.07) is 16.2. The lowest BCUT2D eigenvalue weighted by molar-refractivity contribution is 0.242. The van der Waals surface area contributed by atoms with Gasteiger partial charge in [0, 0.05) is 16.7 Å². The van der Waals surface area contributed by atoms with Gasteiger partial charge in [0.2, 0.25) is 0 Å². The Bertz CT molecular complexity index is 659. The Morgan fingerprint density at radius 2 is 1.92 bits per heavy atom. The van der Waals surface area contributed by atoms with Gasteiger partial charge in [0.05, 0.1) is 6.10 Å². The molecule has 0 bridgehead atoms. The molecule has 0 aliphatic rings. The number of thiocarbonyl (C=S) groups is 1. The molecular weight excluding hydrogens is 384 g/mol. The number of hydrogen-bond acceptors (Lipinski definition) is 2. The number of benzene rings is 2. The zero-order chi connectivity index (χ0) is 17.4. The van der Waals surface area contributed by atoms with E-state index in [9.17, 15) is 0 Å². The first kappa shape index (κ1) is 18.7. The Morgan fingerprint density at radius 1 is 1.17 bits per heavy atom. The molecule has 0 unspecified atom stereocenters. The fraction of sp³-hybridized carbons (Fsp3) is 0.316. The Morgan fingerprint density at radius 3 is 2.58 bits per heavy atom. The van der Waals surface area contributed by atoms with Gasteiger partial charge >= 0.3 is 0 Å². The van der Waals surface area contributed by atoms with Crippen LogP contribution in [-0.4, -0.2) is 17.8 Å². The van der Waals surface area contributed by atoms with Crippen LogP contribution in [-0.2, 0) is 6.42 Å². The largest absolute Gasteiger partial charge is 0.491 e. The molecule has 0 fully saturated rings. The van der Waals surface area contributed by atoms with Crippen molar-refractivity contribution in [1.29, 1.82) is 0 Å². The van der Waals surface area contributed by atoms with Crippen LogP contribution in [0.2, 0.25) is 0 Å². The van der Waals surface area contributed by atoms with Crippen molar-refractivity contribution in [3.05, 3.63) is 58.6 Å². The van der Waals surface area contributed by atoms with E-state index in [4.69, 9.17) is 17.0 Å². The zero-order valence-corrected chi connectivity index (χ0v) is 16.4. The van der Waals surface area contributed by atoms with E-state index in [0.29, 0.717) is 5.11 Å². The average Bonchev–Trinajstić information content (AvgIpc) is 2.52. The van der Waals surface area contributed by atoms with Crippen molar-refractivity contribution in [2.24, 2.45) is 0 Å². The highest BCUT2D eigenvalue weighted by Gasteiger charge is 2.00. The maximum Gasteiger partial charge on any atom is 0.170 e. The average molecular weight is 407 g/mol. The number of aryl methyl sites for hydroxylation is 1. The van der Waals surface area contributed by atoms with Crippen LogP contribution in [0.1, 0.15) is 25.8 Å². The van der Waals surface area contributed by atoms with Gasteiger partial charge in [-0.05, 0) is 74.8 Å². The third-order valence-electron chi connectivity index (χ3n) is 3.31. The number of rotatable bonds is 7. The molecule has 24 heavy (non-hydrogen) atoms. The van der Waals surface area contributed by atoms with Crippen molar-refractivity contribution in [3.8, 4) is 5.75 Å². The summed E-state index contributed by atoms with van der Waals surface area (Å²) in [4.78, 5) is 0. The summed E-state index contributed by atoms with van der Waals surface area (Å²) in [7, 11) is 0.